The van der Waals surface area contributed by atoms with Crippen LogP contribution >= 0.6 is 22.7 Å². The lowest BCUT2D eigenvalue weighted by atomic mass is 10.0. The Morgan fingerprint density at radius 1 is 0.400 bits per heavy atom. The van der Waals surface area contributed by atoms with Crippen molar-refractivity contribution >= 4 is 113 Å². The highest BCUT2D eigenvalue weighted by Gasteiger charge is 2.24. The maximum Gasteiger partial charge on any atom is 0.0640 e. The highest BCUT2D eigenvalue weighted by Crippen LogP contribution is 2.49. The predicted molar refractivity (Wildman–Crippen MR) is 219 cm³/mol. The third-order valence-electron chi connectivity index (χ3n) is 10.1. The van der Waals surface area contributed by atoms with Crippen LogP contribution in [-0.4, -0.2) is 4.57 Å². The maximum atomic E-state index is 2.52. The van der Waals surface area contributed by atoms with Crippen LogP contribution in [0.1, 0.15) is 0 Å². The van der Waals surface area contributed by atoms with Gasteiger partial charge in [-0.3, -0.25) is 0 Å². The Labute approximate surface area is 296 Å². The molecule has 0 aliphatic carbocycles. The number of hydrogen-bond donors (Lipinski definition) is 0. The first kappa shape index (κ1) is 28.0. The molecule has 50 heavy (non-hydrogen) atoms. The fourth-order valence-electron chi connectivity index (χ4n) is 7.95. The Kier molecular flexibility index (Phi) is 6.03. The maximum absolute atomic E-state index is 2.52. The van der Waals surface area contributed by atoms with Gasteiger partial charge in [-0.2, -0.15) is 0 Å². The molecule has 0 aliphatic heterocycles. The molecule has 0 radical (unpaired) electrons. The highest BCUT2D eigenvalue weighted by molar-refractivity contribution is 7.26. The number of rotatable bonds is 4. The topological polar surface area (TPSA) is 8.17 Å². The average Bonchev–Trinajstić information content (AvgIpc) is 3.84. The lowest BCUT2D eigenvalue weighted by molar-refractivity contribution is 1.18. The van der Waals surface area contributed by atoms with Gasteiger partial charge in [0, 0.05) is 57.8 Å². The largest absolute Gasteiger partial charge is 0.309 e. The van der Waals surface area contributed by atoms with E-state index in [2.05, 4.69) is 179 Å². The Hall–Kier alpha value is -5.94. The molecule has 0 bridgehead atoms. The Morgan fingerprint density at radius 2 is 1.06 bits per heavy atom. The Bertz CT molecular complexity index is 3110. The van der Waals surface area contributed by atoms with E-state index in [0.29, 0.717) is 0 Å². The van der Waals surface area contributed by atoms with Gasteiger partial charge in [-0.25, -0.2) is 0 Å². The van der Waals surface area contributed by atoms with E-state index in [4.69, 9.17) is 0 Å². The summed E-state index contributed by atoms with van der Waals surface area (Å²) in [6.07, 6.45) is 0. The molecule has 0 N–H and O–H groups in total. The van der Waals surface area contributed by atoms with Crippen molar-refractivity contribution in [1.29, 1.82) is 0 Å². The first-order chi connectivity index (χ1) is 24.8. The summed E-state index contributed by atoms with van der Waals surface area (Å²) in [6.45, 7) is 0. The van der Waals surface area contributed by atoms with E-state index in [-0.39, 0.29) is 0 Å². The fraction of sp³-hybridized carbons (Fsp3) is 0. The van der Waals surface area contributed by atoms with Crippen molar-refractivity contribution in [3.8, 4) is 5.69 Å². The van der Waals surface area contributed by atoms with Crippen molar-refractivity contribution in [2.45, 2.75) is 0 Å². The summed E-state index contributed by atoms with van der Waals surface area (Å²) in [6, 6.07) is 62.4. The second-order valence-corrected chi connectivity index (χ2v) is 15.1. The van der Waals surface area contributed by atoms with Gasteiger partial charge in [0.05, 0.1) is 27.1 Å². The monoisotopic (exact) mass is 672 g/mol. The van der Waals surface area contributed by atoms with Crippen LogP contribution in [0.4, 0.5) is 17.1 Å². The molecule has 8 aromatic carbocycles. The van der Waals surface area contributed by atoms with Crippen molar-refractivity contribution in [3.05, 3.63) is 170 Å². The molecule has 4 heteroatoms. The molecule has 0 spiro atoms. The smallest absolute Gasteiger partial charge is 0.0640 e. The summed E-state index contributed by atoms with van der Waals surface area (Å²) in [4.78, 5) is 2.52. The number of aromatic nitrogens is 1. The lowest BCUT2D eigenvalue weighted by Crippen LogP contribution is -2.10. The van der Waals surface area contributed by atoms with Crippen LogP contribution in [0.3, 0.4) is 0 Å². The molecule has 0 unspecified atom stereocenters. The van der Waals surface area contributed by atoms with Gasteiger partial charge in [-0.15, -0.1) is 22.7 Å². The van der Waals surface area contributed by atoms with Gasteiger partial charge in [0.15, 0.2) is 0 Å². The van der Waals surface area contributed by atoms with Gasteiger partial charge in [0.1, 0.15) is 0 Å². The molecule has 0 fully saturated rings. The van der Waals surface area contributed by atoms with Gasteiger partial charge in [0.2, 0.25) is 0 Å². The number of fused-ring (bicyclic) bond motifs is 10. The van der Waals surface area contributed by atoms with Crippen molar-refractivity contribution in [1.82, 2.24) is 4.57 Å². The van der Waals surface area contributed by atoms with E-state index in [1.165, 1.54) is 84.3 Å². The number of benzene rings is 8. The highest BCUT2D eigenvalue weighted by atomic mass is 32.1. The van der Waals surface area contributed by atoms with Gasteiger partial charge in [-0.1, -0.05) is 103 Å². The fourth-order valence-corrected chi connectivity index (χ4v) is 10.3. The number of anilines is 3. The van der Waals surface area contributed by atoms with Gasteiger partial charge in [-0.05, 0) is 77.5 Å². The normalized spacial score (nSPS) is 12.0. The molecular formula is C46H28N2S2. The first-order valence-corrected chi connectivity index (χ1v) is 18.6. The molecule has 0 amide bonds. The number of thiophene rings is 2. The van der Waals surface area contributed by atoms with Crippen LogP contribution in [0.2, 0.25) is 0 Å². The lowest BCUT2D eigenvalue weighted by Gasteiger charge is -2.27. The second kappa shape index (κ2) is 10.8. The molecule has 0 saturated heterocycles. The number of para-hydroxylation sites is 2. The van der Waals surface area contributed by atoms with Gasteiger partial charge in [0.25, 0.3) is 0 Å². The van der Waals surface area contributed by atoms with Crippen molar-refractivity contribution in [3.63, 3.8) is 0 Å². The van der Waals surface area contributed by atoms with Crippen LogP contribution in [0, 0.1) is 0 Å². The second-order valence-electron chi connectivity index (χ2n) is 12.9. The molecule has 11 rings (SSSR count). The number of hydrogen-bond acceptors (Lipinski definition) is 3. The summed E-state index contributed by atoms with van der Waals surface area (Å²) < 4.78 is 7.62. The molecule has 2 nitrogen and oxygen atoms in total. The summed E-state index contributed by atoms with van der Waals surface area (Å²) in [5.74, 6) is 0. The zero-order chi connectivity index (χ0) is 32.8. The summed E-state index contributed by atoms with van der Waals surface area (Å²) >= 11 is 3.77. The molecular weight excluding hydrogens is 645 g/mol. The summed E-state index contributed by atoms with van der Waals surface area (Å²) in [5, 5.41) is 10.3. The minimum Gasteiger partial charge on any atom is -0.309 e. The SMILES string of the molecule is c1ccc(-n2c3ccccc3c3c(N(c4ccc5c(c4)sc4ccccc45)c4cccc5c4sc4cc6ccccc6cc45)cccc32)cc1. The zero-order valence-corrected chi connectivity index (χ0v) is 28.5. The molecule has 234 valence electrons. The predicted octanol–water partition coefficient (Wildman–Crippen LogP) is 14.1. The van der Waals surface area contributed by atoms with Crippen molar-refractivity contribution in [2.24, 2.45) is 0 Å². The van der Waals surface area contributed by atoms with E-state index in [1.54, 1.807) is 0 Å². The van der Waals surface area contributed by atoms with E-state index >= 15 is 0 Å². The quantitative estimate of drug-likeness (QED) is 0.181. The Balaban J connectivity index is 1.25. The molecule has 3 heterocycles. The summed E-state index contributed by atoms with van der Waals surface area (Å²) in [7, 11) is 0. The van der Waals surface area contributed by atoms with E-state index in [9.17, 15) is 0 Å². The van der Waals surface area contributed by atoms with Crippen LogP contribution in [0.25, 0.3) is 78.6 Å². The van der Waals surface area contributed by atoms with Crippen molar-refractivity contribution < 1.29 is 0 Å². The van der Waals surface area contributed by atoms with Gasteiger partial charge < -0.3 is 9.47 Å². The minimum atomic E-state index is 1.16. The van der Waals surface area contributed by atoms with E-state index < -0.39 is 0 Å². The third-order valence-corrected chi connectivity index (χ3v) is 12.5. The van der Waals surface area contributed by atoms with Crippen LogP contribution < -0.4 is 4.90 Å². The standard InChI is InChI=1S/C46H28N2S2/c1-2-14-31(15-3-1)47-38-19-8-6-17-36(38)45-39(47)20-11-21-40(45)48(32-24-25-34-33-16-7-9-23-42(33)49-44(34)28-32)41-22-10-18-35-37-26-29-12-4-5-13-30(29)27-43(37)50-46(35)41/h1-28H. The van der Waals surface area contributed by atoms with Crippen LogP contribution in [-0.2, 0) is 0 Å². The first-order valence-electron chi connectivity index (χ1n) is 16.9. The van der Waals surface area contributed by atoms with Crippen LogP contribution in [0.15, 0.2) is 170 Å². The minimum absolute atomic E-state index is 1.16. The molecule has 0 aliphatic rings. The van der Waals surface area contributed by atoms with E-state index in [1.807, 2.05) is 22.7 Å². The molecule has 11 aromatic rings. The van der Waals surface area contributed by atoms with Crippen molar-refractivity contribution in [2.75, 3.05) is 4.90 Å². The molecule has 0 saturated carbocycles. The van der Waals surface area contributed by atoms with Gasteiger partial charge >= 0.3 is 0 Å². The Morgan fingerprint density at radius 3 is 1.96 bits per heavy atom. The molecule has 3 aromatic heterocycles. The zero-order valence-electron chi connectivity index (χ0n) is 26.9. The average molecular weight is 673 g/mol. The number of nitrogens with zero attached hydrogens (tertiary/aromatic N) is 2. The van der Waals surface area contributed by atoms with E-state index in [0.717, 1.165) is 11.4 Å². The van der Waals surface area contributed by atoms with Crippen LogP contribution in [0.5, 0.6) is 0 Å². The third kappa shape index (κ3) is 4.07. The molecule has 0 atom stereocenters. The summed E-state index contributed by atoms with van der Waals surface area (Å²) in [5.41, 5.74) is 7.07.